The van der Waals surface area contributed by atoms with Gasteiger partial charge in [-0.1, -0.05) is 39.7 Å². The van der Waals surface area contributed by atoms with Crippen molar-refractivity contribution in [2.24, 2.45) is 0 Å². The summed E-state index contributed by atoms with van der Waals surface area (Å²) < 4.78 is 11.2. The van der Waals surface area contributed by atoms with Crippen molar-refractivity contribution in [1.82, 2.24) is 0 Å². The van der Waals surface area contributed by atoms with Crippen LogP contribution in [0.15, 0.2) is 18.2 Å². The molecule has 0 radical (unpaired) electrons. The molecule has 1 fully saturated rings. The van der Waals surface area contributed by atoms with E-state index >= 15 is 0 Å². The Morgan fingerprint density at radius 2 is 2.11 bits per heavy atom. The molecular weight excluding hydrogens is 334 g/mol. The molecule has 2 heterocycles. The lowest BCUT2D eigenvalue weighted by Crippen LogP contribution is -2.41. The van der Waals surface area contributed by atoms with Crippen LogP contribution in [0.2, 0.25) is 5.02 Å². The number of nitrogens with zero attached hydrogens (tertiary/aromatic N) is 1. The van der Waals surface area contributed by atoms with Crippen molar-refractivity contribution in [3.8, 4) is 0 Å². The summed E-state index contributed by atoms with van der Waals surface area (Å²) in [4.78, 5) is 14.3. The number of para-hydroxylation sites is 1. The second-order valence-corrected chi connectivity index (χ2v) is 5.65. The van der Waals surface area contributed by atoms with Crippen LogP contribution in [0.3, 0.4) is 0 Å². The quantitative estimate of drug-likeness (QED) is 0.790. The Balaban J connectivity index is 2.09. The van der Waals surface area contributed by atoms with E-state index in [2.05, 4.69) is 15.9 Å². The molecule has 2 aliphatic rings. The van der Waals surface area contributed by atoms with Gasteiger partial charge in [0.05, 0.1) is 23.9 Å². The van der Waals surface area contributed by atoms with Gasteiger partial charge in [0.1, 0.15) is 0 Å². The molecule has 0 aliphatic carbocycles. The van der Waals surface area contributed by atoms with Crippen LogP contribution in [-0.2, 0) is 20.1 Å². The van der Waals surface area contributed by atoms with Gasteiger partial charge in [0.25, 0.3) is 11.7 Å². The van der Waals surface area contributed by atoms with Crippen LogP contribution in [0.5, 0.6) is 0 Å². The third kappa shape index (κ3) is 1.91. The minimum atomic E-state index is -1.27. The Kier molecular flexibility index (Phi) is 3.55. The zero-order valence-corrected chi connectivity index (χ0v) is 12.5. The number of hydrogen-bond acceptors (Lipinski definition) is 3. The number of hydrogen-bond donors (Lipinski definition) is 0. The molecule has 1 aromatic carbocycles. The van der Waals surface area contributed by atoms with Crippen LogP contribution < -0.4 is 4.90 Å². The van der Waals surface area contributed by atoms with Gasteiger partial charge in [-0.3, -0.25) is 4.79 Å². The highest BCUT2D eigenvalue weighted by atomic mass is 79.9. The molecule has 3 rings (SSSR count). The smallest absolute Gasteiger partial charge is 0.292 e. The summed E-state index contributed by atoms with van der Waals surface area (Å²) in [5, 5.41) is 1.38. The van der Waals surface area contributed by atoms with Gasteiger partial charge in [0.15, 0.2) is 0 Å². The Bertz CT molecular complexity index is 517. The van der Waals surface area contributed by atoms with Gasteiger partial charge >= 0.3 is 0 Å². The van der Waals surface area contributed by atoms with Crippen molar-refractivity contribution in [3.05, 3.63) is 28.8 Å². The molecule has 4 nitrogen and oxygen atoms in total. The van der Waals surface area contributed by atoms with Crippen LogP contribution in [0.1, 0.15) is 12.0 Å². The maximum Gasteiger partial charge on any atom is 0.292 e. The number of fused-ring (bicyclic) bond motifs is 2. The van der Waals surface area contributed by atoms with Gasteiger partial charge < -0.3 is 14.4 Å². The summed E-state index contributed by atoms with van der Waals surface area (Å²) in [6, 6.07) is 5.44. The second-order valence-electron chi connectivity index (χ2n) is 4.45. The Morgan fingerprint density at radius 1 is 1.37 bits per heavy atom. The molecule has 1 amide bonds. The molecule has 1 aromatic rings. The van der Waals surface area contributed by atoms with Gasteiger partial charge in [0, 0.05) is 17.4 Å². The Hall–Kier alpha value is -0.620. The fraction of sp³-hybridized carbons (Fsp3) is 0.462. The zero-order valence-electron chi connectivity index (χ0n) is 10.2. The van der Waals surface area contributed by atoms with E-state index in [0.29, 0.717) is 24.8 Å². The van der Waals surface area contributed by atoms with Crippen molar-refractivity contribution >= 4 is 39.1 Å². The lowest BCUT2D eigenvalue weighted by atomic mass is 10.1. The highest BCUT2D eigenvalue weighted by Crippen LogP contribution is 2.48. The molecule has 0 saturated carbocycles. The van der Waals surface area contributed by atoms with Crippen LogP contribution in [0, 0.1) is 0 Å². The number of anilines is 1. The van der Waals surface area contributed by atoms with E-state index in [1.54, 1.807) is 11.0 Å². The van der Waals surface area contributed by atoms with Gasteiger partial charge in [-0.05, 0) is 12.5 Å². The number of rotatable bonds is 3. The first kappa shape index (κ1) is 13.4. The van der Waals surface area contributed by atoms with Crippen molar-refractivity contribution < 1.29 is 14.3 Å². The van der Waals surface area contributed by atoms with E-state index in [9.17, 15) is 4.79 Å². The zero-order chi connectivity index (χ0) is 13.5. The topological polar surface area (TPSA) is 38.8 Å². The van der Waals surface area contributed by atoms with Crippen LogP contribution in [0.4, 0.5) is 5.69 Å². The lowest BCUT2D eigenvalue weighted by Gasteiger charge is -2.21. The third-order valence-electron chi connectivity index (χ3n) is 3.35. The summed E-state index contributed by atoms with van der Waals surface area (Å²) in [5.41, 5.74) is 1.44. The first-order valence-electron chi connectivity index (χ1n) is 6.15. The van der Waals surface area contributed by atoms with Gasteiger partial charge in [-0.2, -0.15) is 0 Å². The number of carbonyl (C=O) groups is 1. The van der Waals surface area contributed by atoms with Gasteiger partial charge in [-0.15, -0.1) is 0 Å². The normalized spacial score (nSPS) is 20.3. The van der Waals surface area contributed by atoms with Gasteiger partial charge in [0.2, 0.25) is 0 Å². The molecule has 0 unspecified atom stereocenters. The molecule has 6 heteroatoms. The molecule has 0 aromatic heterocycles. The second kappa shape index (κ2) is 5.05. The van der Waals surface area contributed by atoms with E-state index in [1.165, 1.54) is 0 Å². The van der Waals surface area contributed by atoms with Crippen LogP contribution in [-0.4, -0.2) is 31.0 Å². The third-order valence-corrected chi connectivity index (χ3v) is 4.21. The number of benzene rings is 1. The SMILES string of the molecule is O=C1N(CCCBr)c2c(Cl)cccc2C12OCCO2. The van der Waals surface area contributed by atoms with Crippen molar-refractivity contribution in [2.45, 2.75) is 12.2 Å². The van der Waals surface area contributed by atoms with Crippen LogP contribution >= 0.6 is 27.5 Å². The van der Waals surface area contributed by atoms with E-state index in [1.807, 2.05) is 12.1 Å². The molecule has 19 heavy (non-hydrogen) atoms. The van der Waals surface area contributed by atoms with Crippen molar-refractivity contribution in [3.63, 3.8) is 0 Å². The highest BCUT2D eigenvalue weighted by Gasteiger charge is 2.56. The highest BCUT2D eigenvalue weighted by molar-refractivity contribution is 9.09. The van der Waals surface area contributed by atoms with E-state index in [4.69, 9.17) is 21.1 Å². The standard InChI is InChI=1S/C13H13BrClNO3/c14-5-2-6-16-11-9(3-1-4-10(11)15)13(12(16)17)18-7-8-19-13/h1,3-4H,2,5-8H2. The molecule has 0 N–H and O–H groups in total. The predicted molar refractivity (Wildman–Crippen MR) is 75.8 cm³/mol. The molecule has 1 spiro atoms. The number of ether oxygens (including phenoxy) is 2. The van der Waals surface area contributed by atoms with Crippen LogP contribution in [0.25, 0.3) is 0 Å². The van der Waals surface area contributed by atoms with Gasteiger partial charge in [-0.25, -0.2) is 0 Å². The molecule has 0 atom stereocenters. The number of halogens is 2. The minimum absolute atomic E-state index is 0.172. The van der Waals surface area contributed by atoms with E-state index in [0.717, 1.165) is 23.0 Å². The van der Waals surface area contributed by atoms with Crippen molar-refractivity contribution in [1.29, 1.82) is 0 Å². The molecular formula is C13H13BrClNO3. The maximum absolute atomic E-state index is 12.6. The predicted octanol–water partition coefficient (Wildman–Crippen LogP) is 2.67. The largest absolute Gasteiger partial charge is 0.336 e. The molecule has 1 saturated heterocycles. The fourth-order valence-corrected chi connectivity index (χ4v) is 3.10. The number of alkyl halides is 1. The average molecular weight is 347 g/mol. The summed E-state index contributed by atoms with van der Waals surface area (Å²) in [6.45, 7) is 1.43. The number of amides is 1. The molecule has 102 valence electrons. The van der Waals surface area contributed by atoms with E-state index < -0.39 is 5.79 Å². The Labute approximate surface area is 124 Å². The summed E-state index contributed by atoms with van der Waals surface area (Å²) >= 11 is 9.63. The first-order chi connectivity index (χ1) is 9.20. The average Bonchev–Trinajstić information content (AvgIpc) is 2.98. The fourth-order valence-electron chi connectivity index (χ4n) is 2.57. The summed E-state index contributed by atoms with van der Waals surface area (Å²) in [7, 11) is 0. The van der Waals surface area contributed by atoms with Crippen molar-refractivity contribution in [2.75, 3.05) is 30.0 Å². The number of carbonyl (C=O) groups excluding carboxylic acids is 1. The summed E-state index contributed by atoms with van der Waals surface area (Å²) in [6.07, 6.45) is 0.840. The van der Waals surface area contributed by atoms with E-state index in [-0.39, 0.29) is 5.91 Å². The summed E-state index contributed by atoms with van der Waals surface area (Å²) in [5.74, 6) is -1.44. The molecule has 0 bridgehead atoms. The monoisotopic (exact) mass is 345 g/mol. The lowest BCUT2D eigenvalue weighted by molar-refractivity contribution is -0.180. The Morgan fingerprint density at radius 3 is 2.79 bits per heavy atom. The maximum atomic E-state index is 12.6. The molecule has 2 aliphatic heterocycles. The minimum Gasteiger partial charge on any atom is -0.336 e. The first-order valence-corrected chi connectivity index (χ1v) is 7.65.